The third kappa shape index (κ3) is 21.0. The van der Waals surface area contributed by atoms with Crippen LogP contribution >= 0.6 is 0 Å². The minimum Gasteiger partial charge on any atom is -0.390 e. The summed E-state index contributed by atoms with van der Waals surface area (Å²) >= 11 is 0. The SMILES string of the molecule is C/C=C/C[C@H](C)[C@@H](O)[C@@H]1C(=O)N[C@@H](CC)C(=O)N(C)CC(=O)N(C)[C@@H](CC(C)C)C(=O)N(C)[C@H](C(C)C)C(=O)N(C)[C@@H](CC(C)C)C(=O)N[C@H](C)C(=O)N[C@@H](C)C(=O)N(C)[C@H](CC(C)C)C(=O)N(C)[C@@H](CC(C)C)C(=O)N(C)[C@H](C(C)C)C(=O)N1C. The predicted molar refractivity (Wildman–Crippen MR) is 333 cm³/mol. The summed E-state index contributed by atoms with van der Waals surface area (Å²) < 4.78 is 0. The molecule has 0 aliphatic carbocycles. The molecule has 23 nitrogen and oxygen atoms in total. The first-order valence-electron chi connectivity index (χ1n) is 31.0. The van der Waals surface area contributed by atoms with Gasteiger partial charge in [0.25, 0.3) is 0 Å². The van der Waals surface area contributed by atoms with Crippen LogP contribution in [0.25, 0.3) is 0 Å². The average molecular weight is 1220 g/mol. The van der Waals surface area contributed by atoms with Gasteiger partial charge in [0, 0.05) is 56.4 Å². The Morgan fingerprint density at radius 1 is 0.442 bits per heavy atom. The fourth-order valence-corrected chi connectivity index (χ4v) is 11.2. The summed E-state index contributed by atoms with van der Waals surface area (Å²) in [7, 11) is 11.4. The normalized spacial score (nSPS) is 26.9. The summed E-state index contributed by atoms with van der Waals surface area (Å²) in [6.07, 6.45) is 3.06. The Balaban J connectivity index is 4.37. The van der Waals surface area contributed by atoms with Crippen LogP contribution in [0.15, 0.2) is 12.2 Å². The first kappa shape index (κ1) is 77.9. The summed E-state index contributed by atoms with van der Waals surface area (Å²) in [4.78, 5) is 171. The molecule has 0 unspecified atom stereocenters. The van der Waals surface area contributed by atoms with Gasteiger partial charge in [0.15, 0.2) is 0 Å². The summed E-state index contributed by atoms with van der Waals surface area (Å²) in [6.45, 7) is 29.5. The zero-order chi connectivity index (χ0) is 66.8. The average Bonchev–Trinajstić information content (AvgIpc) is 1.52. The lowest BCUT2D eigenvalue weighted by molar-refractivity contribution is -0.157. The van der Waals surface area contributed by atoms with Crippen LogP contribution in [0.5, 0.6) is 0 Å². The van der Waals surface area contributed by atoms with Gasteiger partial charge >= 0.3 is 0 Å². The molecule has 1 heterocycles. The van der Waals surface area contributed by atoms with Gasteiger partial charge in [0.1, 0.15) is 60.4 Å². The van der Waals surface area contributed by atoms with Gasteiger partial charge in [-0.3, -0.25) is 52.7 Å². The molecule has 11 amide bonds. The highest BCUT2D eigenvalue weighted by molar-refractivity contribution is 5.99. The maximum Gasteiger partial charge on any atom is 0.246 e. The van der Waals surface area contributed by atoms with Crippen LogP contribution in [0.3, 0.4) is 0 Å². The van der Waals surface area contributed by atoms with Crippen molar-refractivity contribution in [3.63, 3.8) is 0 Å². The number of allylic oxidation sites excluding steroid dienone is 2. The number of carbonyl (C=O) groups is 11. The van der Waals surface area contributed by atoms with Gasteiger partial charge < -0.3 is 60.3 Å². The number of hydrogen-bond donors (Lipinski definition) is 4. The standard InChI is InChI=1S/C63H113N11O12/c1-26-28-29-41(15)53(76)52-56(79)66-44(27-2)58(81)67(18)34-49(75)68(19)46(31-36(5)6)60(83)72(23)50(39(11)12)62(85)69(20)45(30-35(3)4)55(78)64-42(16)54(77)65-43(17)57(80)70(21)47(32-37(7)8)59(82)71(22)48(33-38(9)10)61(84)73(24)51(40(13)14)63(86)74(52)25/h26,28,35-48,50-53,76H,27,29-34H2,1-25H3,(H,64,78)(H,65,77)(H,66,79)/b28-26+/t41-,42+,43-,44-,45-,46-,47+,48-,50+,51+,52+,53+/m0/s1. The van der Waals surface area contributed by atoms with Gasteiger partial charge in [-0.25, -0.2) is 0 Å². The summed E-state index contributed by atoms with van der Waals surface area (Å²) in [5, 5.41) is 20.3. The van der Waals surface area contributed by atoms with E-state index in [1.165, 1.54) is 99.6 Å². The van der Waals surface area contributed by atoms with E-state index < -0.39 is 156 Å². The molecule has 1 saturated heterocycles. The summed E-state index contributed by atoms with van der Waals surface area (Å²) in [5.74, 6) is -9.54. The van der Waals surface area contributed by atoms with Crippen molar-refractivity contribution in [2.45, 2.75) is 223 Å². The van der Waals surface area contributed by atoms with Crippen LogP contribution in [0, 0.1) is 41.4 Å². The first-order chi connectivity index (χ1) is 39.6. The number of likely N-dealkylation sites (N-methyl/N-ethyl adjacent to an activating group) is 8. The second-order valence-electron chi connectivity index (χ2n) is 26.5. The van der Waals surface area contributed by atoms with E-state index in [4.69, 9.17) is 0 Å². The van der Waals surface area contributed by atoms with E-state index in [-0.39, 0.29) is 55.8 Å². The zero-order valence-corrected chi connectivity index (χ0v) is 57.0. The molecule has 12 atom stereocenters. The molecular weight excluding hydrogens is 1100 g/mol. The van der Waals surface area contributed by atoms with Crippen molar-refractivity contribution in [1.29, 1.82) is 0 Å². The molecule has 1 fully saturated rings. The minimum absolute atomic E-state index is 0.0237. The third-order valence-electron chi connectivity index (χ3n) is 16.5. The van der Waals surface area contributed by atoms with Crippen LogP contribution in [0.1, 0.15) is 156 Å². The molecule has 4 N–H and O–H groups in total. The number of aliphatic hydroxyl groups excluding tert-OH is 1. The molecule has 0 aromatic carbocycles. The van der Waals surface area contributed by atoms with Crippen molar-refractivity contribution in [3.05, 3.63) is 12.2 Å². The van der Waals surface area contributed by atoms with E-state index in [9.17, 15) is 48.3 Å². The zero-order valence-electron chi connectivity index (χ0n) is 57.0. The highest BCUT2D eigenvalue weighted by Crippen LogP contribution is 2.26. The number of nitrogens with one attached hydrogen (secondary N) is 3. The molecule has 0 saturated carbocycles. The second-order valence-corrected chi connectivity index (χ2v) is 26.5. The molecule has 0 radical (unpaired) electrons. The highest BCUT2D eigenvalue weighted by atomic mass is 16.3. The molecule has 0 spiro atoms. The number of aliphatic hydroxyl groups is 1. The third-order valence-corrected chi connectivity index (χ3v) is 16.5. The molecule has 86 heavy (non-hydrogen) atoms. The molecule has 0 aromatic rings. The number of carbonyl (C=O) groups excluding carboxylic acids is 11. The van der Waals surface area contributed by atoms with E-state index in [2.05, 4.69) is 16.0 Å². The number of hydrogen-bond acceptors (Lipinski definition) is 12. The second kappa shape index (κ2) is 35.0. The Morgan fingerprint density at radius 2 is 0.802 bits per heavy atom. The number of amides is 11. The van der Waals surface area contributed by atoms with Crippen molar-refractivity contribution < 1.29 is 57.8 Å². The monoisotopic (exact) mass is 1220 g/mol. The van der Waals surface area contributed by atoms with E-state index in [1.807, 2.05) is 61.5 Å². The Labute approximate surface area is 515 Å². The van der Waals surface area contributed by atoms with Crippen molar-refractivity contribution in [3.8, 4) is 0 Å². The van der Waals surface area contributed by atoms with E-state index in [0.717, 1.165) is 9.80 Å². The Morgan fingerprint density at radius 3 is 1.21 bits per heavy atom. The van der Waals surface area contributed by atoms with E-state index >= 15 is 9.59 Å². The molecule has 1 rings (SSSR count). The topological polar surface area (TPSA) is 270 Å². The summed E-state index contributed by atoms with van der Waals surface area (Å²) in [6, 6.07) is -12.3. The maximum absolute atomic E-state index is 15.2. The first-order valence-corrected chi connectivity index (χ1v) is 31.0. The number of rotatable bonds is 15. The van der Waals surface area contributed by atoms with Gasteiger partial charge in [-0.05, 0) is 101 Å². The lowest BCUT2D eigenvalue weighted by atomic mass is 9.91. The Bertz CT molecular complexity index is 2360. The minimum atomic E-state index is -1.61. The van der Waals surface area contributed by atoms with Crippen LogP contribution < -0.4 is 16.0 Å². The summed E-state index contributed by atoms with van der Waals surface area (Å²) in [5.41, 5.74) is 0. The molecular formula is C63H113N11O12. The Kier molecular flexibility index (Phi) is 31.7. The molecule has 492 valence electrons. The van der Waals surface area contributed by atoms with Gasteiger partial charge in [-0.2, -0.15) is 0 Å². The van der Waals surface area contributed by atoms with Crippen LogP contribution in [-0.2, 0) is 52.7 Å². The Hall–Kier alpha value is -6.13. The van der Waals surface area contributed by atoms with Gasteiger partial charge in [0.2, 0.25) is 65.0 Å². The van der Waals surface area contributed by atoms with E-state index in [1.54, 1.807) is 54.5 Å². The number of nitrogens with zero attached hydrogens (tertiary/aromatic N) is 8. The quantitative estimate of drug-likeness (QED) is 0.171. The molecule has 1 aliphatic rings. The molecule has 1 aliphatic heterocycles. The fourth-order valence-electron chi connectivity index (χ4n) is 11.2. The van der Waals surface area contributed by atoms with E-state index in [0.29, 0.717) is 6.42 Å². The largest absolute Gasteiger partial charge is 0.390 e. The maximum atomic E-state index is 15.2. The van der Waals surface area contributed by atoms with Crippen molar-refractivity contribution in [2.75, 3.05) is 62.9 Å². The van der Waals surface area contributed by atoms with Gasteiger partial charge in [-0.15, -0.1) is 0 Å². The van der Waals surface area contributed by atoms with Crippen LogP contribution in [0.4, 0.5) is 0 Å². The fraction of sp³-hybridized carbons (Fsp3) is 0.794. The lowest BCUT2D eigenvalue weighted by Gasteiger charge is -2.41. The lowest BCUT2D eigenvalue weighted by Crippen LogP contribution is -2.63. The van der Waals surface area contributed by atoms with Gasteiger partial charge in [0.05, 0.1) is 12.6 Å². The van der Waals surface area contributed by atoms with Crippen molar-refractivity contribution in [1.82, 2.24) is 55.1 Å². The predicted octanol–water partition coefficient (Wildman–Crippen LogP) is 3.61. The molecule has 23 heteroatoms. The molecule has 0 aromatic heterocycles. The highest BCUT2D eigenvalue weighted by Gasteiger charge is 2.46. The van der Waals surface area contributed by atoms with Crippen molar-refractivity contribution >= 4 is 65.0 Å². The van der Waals surface area contributed by atoms with Crippen molar-refractivity contribution in [2.24, 2.45) is 41.4 Å². The smallest absolute Gasteiger partial charge is 0.246 e. The van der Waals surface area contributed by atoms with Crippen LogP contribution in [0.2, 0.25) is 0 Å². The van der Waals surface area contributed by atoms with Crippen LogP contribution in [-0.4, -0.2) is 239 Å². The molecule has 0 bridgehead atoms. The van der Waals surface area contributed by atoms with Gasteiger partial charge in [-0.1, -0.05) is 109 Å².